The first-order chi connectivity index (χ1) is 6.41. The summed E-state index contributed by atoms with van der Waals surface area (Å²) < 4.78 is 0. The van der Waals surface area contributed by atoms with E-state index in [1.807, 2.05) is 11.8 Å². The van der Waals surface area contributed by atoms with Gasteiger partial charge in [-0.25, -0.2) is 0 Å². The summed E-state index contributed by atoms with van der Waals surface area (Å²) in [5, 5.41) is 3.45. The van der Waals surface area contributed by atoms with Crippen LogP contribution in [0.1, 0.15) is 32.6 Å². The first-order valence-corrected chi connectivity index (χ1v) is 6.95. The monoisotopic (exact) mass is 223 g/mol. The highest BCUT2D eigenvalue weighted by Gasteiger charge is 1.89. The van der Waals surface area contributed by atoms with Gasteiger partial charge in [0, 0.05) is 5.88 Å². The van der Waals surface area contributed by atoms with Gasteiger partial charge in [0.1, 0.15) is 0 Å². The van der Waals surface area contributed by atoms with Crippen LogP contribution < -0.4 is 5.32 Å². The van der Waals surface area contributed by atoms with Crippen LogP contribution >= 0.6 is 23.4 Å². The summed E-state index contributed by atoms with van der Waals surface area (Å²) in [7, 11) is 0. The number of unbranched alkanes of at least 4 members (excludes halogenated alkanes) is 2. The average molecular weight is 224 g/mol. The zero-order valence-corrected chi connectivity index (χ0v) is 10.2. The van der Waals surface area contributed by atoms with Crippen LogP contribution in [0.2, 0.25) is 0 Å². The van der Waals surface area contributed by atoms with Crippen molar-refractivity contribution in [2.75, 3.05) is 30.5 Å². The van der Waals surface area contributed by atoms with Gasteiger partial charge in [0.25, 0.3) is 0 Å². The van der Waals surface area contributed by atoms with Crippen LogP contribution in [-0.4, -0.2) is 30.5 Å². The molecule has 0 aliphatic heterocycles. The lowest BCUT2D eigenvalue weighted by Crippen LogP contribution is -2.17. The van der Waals surface area contributed by atoms with Crippen molar-refractivity contribution >= 4 is 23.4 Å². The quantitative estimate of drug-likeness (QED) is 0.451. The molecule has 0 aliphatic carbocycles. The van der Waals surface area contributed by atoms with E-state index >= 15 is 0 Å². The van der Waals surface area contributed by atoms with E-state index in [4.69, 9.17) is 11.6 Å². The second-order valence-electron chi connectivity index (χ2n) is 3.05. The molecule has 80 valence electrons. The molecule has 0 bridgehead atoms. The Labute approximate surface area is 92.0 Å². The molecular weight excluding hydrogens is 202 g/mol. The third kappa shape index (κ3) is 12.6. The largest absolute Gasteiger partial charge is 0.317 e. The maximum atomic E-state index is 5.58. The van der Waals surface area contributed by atoms with E-state index in [9.17, 15) is 0 Å². The van der Waals surface area contributed by atoms with Crippen molar-refractivity contribution in [2.24, 2.45) is 0 Å². The Hall–Kier alpha value is 0.600. The number of hydrogen-bond donors (Lipinski definition) is 1. The number of halogens is 1. The fraction of sp³-hybridized carbons (Fsp3) is 1.00. The van der Waals surface area contributed by atoms with E-state index in [-0.39, 0.29) is 0 Å². The molecule has 0 saturated carbocycles. The molecule has 0 radical (unpaired) electrons. The molecule has 0 saturated heterocycles. The molecule has 0 heterocycles. The van der Waals surface area contributed by atoms with E-state index < -0.39 is 0 Å². The molecule has 0 atom stereocenters. The summed E-state index contributed by atoms with van der Waals surface area (Å²) in [6.07, 6.45) is 5.00. The smallest absolute Gasteiger partial charge is 0.0223 e. The van der Waals surface area contributed by atoms with Crippen molar-refractivity contribution in [3.63, 3.8) is 0 Å². The molecule has 0 aromatic carbocycles. The summed E-state index contributed by atoms with van der Waals surface area (Å²) in [6.45, 7) is 4.55. The Bertz CT molecular complexity index is 81.0. The lowest BCUT2D eigenvalue weighted by Gasteiger charge is -2.03. The molecule has 0 spiro atoms. The minimum absolute atomic E-state index is 0.813. The normalized spacial score (nSPS) is 10.6. The summed E-state index contributed by atoms with van der Waals surface area (Å²) in [5.74, 6) is 3.36. The van der Waals surface area contributed by atoms with E-state index in [0.717, 1.165) is 18.8 Å². The van der Waals surface area contributed by atoms with Gasteiger partial charge in [-0.2, -0.15) is 11.8 Å². The highest BCUT2D eigenvalue weighted by atomic mass is 35.5. The average Bonchev–Trinajstić information content (AvgIpc) is 2.16. The van der Waals surface area contributed by atoms with E-state index in [0.29, 0.717) is 0 Å². The number of alkyl halides is 1. The Balaban J connectivity index is 2.76. The second kappa shape index (κ2) is 12.6. The molecule has 0 aliphatic rings. The van der Waals surface area contributed by atoms with Crippen LogP contribution in [-0.2, 0) is 0 Å². The molecule has 13 heavy (non-hydrogen) atoms. The topological polar surface area (TPSA) is 12.0 Å². The summed E-state index contributed by atoms with van der Waals surface area (Å²) in [6, 6.07) is 0. The zero-order chi connectivity index (χ0) is 9.78. The molecule has 3 heteroatoms. The predicted octanol–water partition coefficient (Wildman–Crippen LogP) is 3.13. The van der Waals surface area contributed by atoms with Gasteiger partial charge in [0.2, 0.25) is 0 Å². The molecule has 0 fully saturated rings. The number of hydrogen-bond acceptors (Lipinski definition) is 2. The molecule has 0 aromatic rings. The van der Waals surface area contributed by atoms with Crippen molar-refractivity contribution in [2.45, 2.75) is 32.6 Å². The standard InChI is InChI=1S/C10H22ClNS/c1-2-13-10-6-9-12-8-5-3-4-7-11/h12H,2-10H2,1H3. The van der Waals surface area contributed by atoms with Crippen LogP contribution in [0.5, 0.6) is 0 Å². The molecule has 1 N–H and O–H groups in total. The lowest BCUT2D eigenvalue weighted by molar-refractivity contribution is 0.614. The van der Waals surface area contributed by atoms with Crippen LogP contribution in [0.3, 0.4) is 0 Å². The van der Waals surface area contributed by atoms with Gasteiger partial charge in [-0.1, -0.05) is 13.3 Å². The summed E-state index contributed by atoms with van der Waals surface area (Å²) in [4.78, 5) is 0. The highest BCUT2D eigenvalue weighted by molar-refractivity contribution is 7.99. The van der Waals surface area contributed by atoms with Gasteiger partial charge in [-0.3, -0.25) is 0 Å². The SMILES string of the molecule is CCSCCCNCCCCCCl. The van der Waals surface area contributed by atoms with Crippen LogP contribution in [0.4, 0.5) is 0 Å². The van der Waals surface area contributed by atoms with Gasteiger partial charge in [0.05, 0.1) is 0 Å². The van der Waals surface area contributed by atoms with E-state index in [1.165, 1.54) is 37.3 Å². The van der Waals surface area contributed by atoms with E-state index in [1.54, 1.807) is 0 Å². The van der Waals surface area contributed by atoms with Crippen molar-refractivity contribution in [3.05, 3.63) is 0 Å². The van der Waals surface area contributed by atoms with E-state index in [2.05, 4.69) is 12.2 Å². The van der Waals surface area contributed by atoms with Crippen molar-refractivity contribution in [3.8, 4) is 0 Å². The first-order valence-electron chi connectivity index (χ1n) is 5.26. The van der Waals surface area contributed by atoms with Gasteiger partial charge in [-0.15, -0.1) is 11.6 Å². The summed E-state index contributed by atoms with van der Waals surface area (Å²) in [5.41, 5.74) is 0. The van der Waals surface area contributed by atoms with Gasteiger partial charge in [0.15, 0.2) is 0 Å². The van der Waals surface area contributed by atoms with Crippen molar-refractivity contribution in [1.82, 2.24) is 5.32 Å². The zero-order valence-electron chi connectivity index (χ0n) is 8.65. The van der Waals surface area contributed by atoms with Gasteiger partial charge >= 0.3 is 0 Å². The fourth-order valence-corrected chi connectivity index (χ4v) is 1.92. The lowest BCUT2D eigenvalue weighted by atomic mass is 10.2. The van der Waals surface area contributed by atoms with Crippen molar-refractivity contribution in [1.29, 1.82) is 0 Å². The molecule has 0 aromatic heterocycles. The van der Waals surface area contributed by atoms with Gasteiger partial charge in [-0.05, 0) is 43.9 Å². The molecule has 1 nitrogen and oxygen atoms in total. The fourth-order valence-electron chi connectivity index (χ4n) is 1.09. The predicted molar refractivity (Wildman–Crippen MR) is 65.1 cm³/mol. The minimum Gasteiger partial charge on any atom is -0.317 e. The second-order valence-corrected chi connectivity index (χ2v) is 4.82. The molecule has 0 rings (SSSR count). The Morgan fingerprint density at radius 3 is 2.54 bits per heavy atom. The Kier molecular flexibility index (Phi) is 13.2. The minimum atomic E-state index is 0.813. The summed E-state index contributed by atoms with van der Waals surface area (Å²) >= 11 is 7.60. The first kappa shape index (κ1) is 13.6. The van der Waals surface area contributed by atoms with Crippen molar-refractivity contribution < 1.29 is 0 Å². The maximum absolute atomic E-state index is 5.58. The number of rotatable bonds is 10. The third-order valence-electron chi connectivity index (χ3n) is 1.83. The van der Waals surface area contributed by atoms with Gasteiger partial charge < -0.3 is 5.32 Å². The maximum Gasteiger partial charge on any atom is 0.0223 e. The van der Waals surface area contributed by atoms with Crippen LogP contribution in [0, 0.1) is 0 Å². The third-order valence-corrected chi connectivity index (χ3v) is 3.09. The Morgan fingerprint density at radius 2 is 1.85 bits per heavy atom. The van der Waals surface area contributed by atoms with Crippen LogP contribution in [0.25, 0.3) is 0 Å². The van der Waals surface area contributed by atoms with Crippen LogP contribution in [0.15, 0.2) is 0 Å². The number of nitrogens with one attached hydrogen (secondary N) is 1. The molecular formula is C10H22ClNS. The molecule has 0 amide bonds. The Morgan fingerprint density at radius 1 is 1.08 bits per heavy atom. The molecule has 0 unspecified atom stereocenters. The highest BCUT2D eigenvalue weighted by Crippen LogP contribution is 1.99. The number of thioether (sulfide) groups is 1.